The van der Waals surface area contributed by atoms with Gasteiger partial charge >= 0.3 is 0 Å². The minimum Gasteiger partial charge on any atom is -0.258 e. The number of benzene rings is 2. The third-order valence-corrected chi connectivity index (χ3v) is 2.43. The molecule has 0 fully saturated rings. The van der Waals surface area contributed by atoms with Crippen LogP contribution in [-0.2, 0) is 6.42 Å². The van der Waals surface area contributed by atoms with Gasteiger partial charge in [-0.05, 0) is 12.5 Å². The molecule has 0 aromatic heterocycles. The molecule has 0 spiro atoms. The zero-order valence-corrected chi connectivity index (χ0v) is 12.5. The van der Waals surface area contributed by atoms with Gasteiger partial charge in [0.15, 0.2) is 0 Å². The van der Waals surface area contributed by atoms with Crippen LogP contribution in [0.1, 0.15) is 18.1 Å². The first-order valence-electron chi connectivity index (χ1n) is 6.05. The number of nitro groups is 1. The van der Waals surface area contributed by atoms with Crippen molar-refractivity contribution in [1.29, 1.82) is 0 Å². The molecule has 3 nitrogen and oxygen atoms in total. The second-order valence-corrected chi connectivity index (χ2v) is 5.60. The van der Waals surface area contributed by atoms with Crippen LogP contribution in [0.15, 0.2) is 54.6 Å². The van der Waals surface area contributed by atoms with Crippen LogP contribution in [0.3, 0.4) is 0 Å². The molecule has 0 amide bonds. The molecule has 0 aliphatic carbocycles. The second-order valence-electron chi connectivity index (χ2n) is 4.07. The molecule has 0 atom stereocenters. The number of rotatable bonds is 3. The third-order valence-electron chi connectivity index (χ3n) is 2.43. The van der Waals surface area contributed by atoms with Gasteiger partial charge < -0.3 is 0 Å². The Balaban J connectivity index is 0.000000444. The van der Waals surface area contributed by atoms with E-state index in [2.05, 4.69) is 0 Å². The molecular formula is C15H15Cl2NO2. The fourth-order valence-corrected chi connectivity index (χ4v) is 1.65. The number of alkyl halides is 2. The Labute approximate surface area is 128 Å². The number of hydrogen-bond acceptors (Lipinski definition) is 2. The molecule has 0 radical (unpaired) electrons. The van der Waals surface area contributed by atoms with Gasteiger partial charge in [0.1, 0.15) is 4.84 Å². The number of nitrogens with zero attached hydrogens (tertiary/aromatic N) is 1. The Bertz CT molecular complexity index is 542. The van der Waals surface area contributed by atoms with Gasteiger partial charge in [0, 0.05) is 18.1 Å². The van der Waals surface area contributed by atoms with Gasteiger partial charge in [-0.25, -0.2) is 0 Å². The summed E-state index contributed by atoms with van der Waals surface area (Å²) in [5.74, 6) is 0. The Morgan fingerprint density at radius 2 is 1.55 bits per heavy atom. The minimum absolute atomic E-state index is 0.186. The average Bonchev–Trinajstić information content (AvgIpc) is 2.39. The summed E-state index contributed by atoms with van der Waals surface area (Å²) < 4.78 is 0. The van der Waals surface area contributed by atoms with Gasteiger partial charge in [-0.1, -0.05) is 48.5 Å². The lowest BCUT2D eigenvalue weighted by Crippen LogP contribution is -1.95. The number of hydrogen-bond donors (Lipinski definition) is 0. The average molecular weight is 312 g/mol. The highest BCUT2D eigenvalue weighted by molar-refractivity contribution is 6.43. The predicted octanol–water partition coefficient (Wildman–Crippen LogP) is 5.00. The van der Waals surface area contributed by atoms with E-state index in [-0.39, 0.29) is 15.4 Å². The number of nitro benzene ring substituents is 1. The molecule has 0 saturated heterocycles. The van der Waals surface area contributed by atoms with Crippen LogP contribution in [0.4, 0.5) is 5.69 Å². The van der Waals surface area contributed by atoms with Gasteiger partial charge in [0.05, 0.1) is 4.92 Å². The lowest BCUT2D eigenvalue weighted by atomic mass is 10.0. The smallest absolute Gasteiger partial charge is 0.258 e. The molecule has 106 valence electrons. The van der Waals surface area contributed by atoms with E-state index in [1.54, 1.807) is 19.1 Å². The molecule has 0 bridgehead atoms. The van der Waals surface area contributed by atoms with Crippen molar-refractivity contribution in [3.63, 3.8) is 0 Å². The summed E-state index contributed by atoms with van der Waals surface area (Å²) in [6, 6.07) is 16.6. The van der Waals surface area contributed by atoms with Crippen molar-refractivity contribution in [3.05, 3.63) is 75.8 Å². The first-order valence-corrected chi connectivity index (χ1v) is 6.92. The fourth-order valence-electron chi connectivity index (χ4n) is 1.65. The summed E-state index contributed by atoms with van der Waals surface area (Å²) in [7, 11) is 0. The van der Waals surface area contributed by atoms with E-state index in [0.29, 0.717) is 6.42 Å². The Morgan fingerprint density at radius 3 is 2.10 bits per heavy atom. The van der Waals surface area contributed by atoms with Gasteiger partial charge in [0.2, 0.25) is 0 Å². The van der Waals surface area contributed by atoms with E-state index in [0.717, 1.165) is 11.1 Å². The van der Waals surface area contributed by atoms with Crippen LogP contribution >= 0.6 is 23.2 Å². The molecule has 2 rings (SSSR count). The van der Waals surface area contributed by atoms with E-state index in [4.69, 9.17) is 23.2 Å². The monoisotopic (exact) mass is 311 g/mol. The summed E-state index contributed by atoms with van der Waals surface area (Å²) in [6.07, 6.45) is 0.595. The van der Waals surface area contributed by atoms with Crippen molar-refractivity contribution in [2.75, 3.05) is 0 Å². The standard InChI is InChI=1S/C13H11NO2.C2H4Cl2/c15-14(16)13-9-5-4-8-12(13)10-11-6-2-1-3-7-11;1-2(3)4/h1-9H,10H2;2H,1H3. The van der Waals surface area contributed by atoms with Crippen LogP contribution in [0.25, 0.3) is 0 Å². The molecule has 20 heavy (non-hydrogen) atoms. The maximum absolute atomic E-state index is 10.8. The van der Waals surface area contributed by atoms with Crippen molar-refractivity contribution in [1.82, 2.24) is 0 Å². The Morgan fingerprint density at radius 1 is 1.05 bits per heavy atom. The van der Waals surface area contributed by atoms with Crippen LogP contribution in [-0.4, -0.2) is 9.76 Å². The molecule has 0 heterocycles. The molecule has 0 unspecified atom stereocenters. The van der Waals surface area contributed by atoms with Crippen molar-refractivity contribution >= 4 is 28.9 Å². The molecular weight excluding hydrogens is 297 g/mol. The molecule has 0 N–H and O–H groups in total. The summed E-state index contributed by atoms with van der Waals surface area (Å²) in [5, 5.41) is 10.8. The maximum Gasteiger partial charge on any atom is 0.272 e. The maximum atomic E-state index is 10.8. The summed E-state index contributed by atoms with van der Waals surface area (Å²) >= 11 is 10.1. The lowest BCUT2D eigenvalue weighted by molar-refractivity contribution is -0.385. The Hall–Kier alpha value is -1.58. The molecule has 0 aliphatic heterocycles. The quantitative estimate of drug-likeness (QED) is 0.455. The van der Waals surface area contributed by atoms with E-state index in [1.165, 1.54) is 6.07 Å². The topological polar surface area (TPSA) is 43.1 Å². The van der Waals surface area contributed by atoms with Crippen LogP contribution < -0.4 is 0 Å². The molecule has 0 saturated carbocycles. The van der Waals surface area contributed by atoms with Gasteiger partial charge in [0.25, 0.3) is 5.69 Å². The molecule has 2 aromatic rings. The predicted molar refractivity (Wildman–Crippen MR) is 83.5 cm³/mol. The van der Waals surface area contributed by atoms with E-state index < -0.39 is 0 Å². The lowest BCUT2D eigenvalue weighted by Gasteiger charge is -2.02. The summed E-state index contributed by atoms with van der Waals surface area (Å²) in [4.78, 5) is 10.3. The minimum atomic E-state index is -0.335. The van der Waals surface area contributed by atoms with Crippen molar-refractivity contribution in [2.45, 2.75) is 18.2 Å². The molecule has 5 heteroatoms. The number of halogens is 2. The zero-order chi connectivity index (χ0) is 15.0. The van der Waals surface area contributed by atoms with E-state index in [1.807, 2.05) is 36.4 Å². The van der Waals surface area contributed by atoms with Gasteiger partial charge in [-0.2, -0.15) is 0 Å². The highest BCUT2D eigenvalue weighted by atomic mass is 35.5. The van der Waals surface area contributed by atoms with Crippen molar-refractivity contribution < 1.29 is 4.92 Å². The fraction of sp³-hybridized carbons (Fsp3) is 0.200. The first kappa shape index (κ1) is 16.5. The normalized spacial score (nSPS) is 9.80. The largest absolute Gasteiger partial charge is 0.272 e. The summed E-state index contributed by atoms with van der Waals surface area (Å²) in [5.41, 5.74) is 2.02. The third kappa shape index (κ3) is 6.04. The highest BCUT2D eigenvalue weighted by Crippen LogP contribution is 2.20. The van der Waals surface area contributed by atoms with Crippen molar-refractivity contribution in [2.24, 2.45) is 0 Å². The van der Waals surface area contributed by atoms with Gasteiger partial charge in [-0.3, -0.25) is 10.1 Å². The molecule has 2 aromatic carbocycles. The molecule has 0 aliphatic rings. The number of para-hydroxylation sites is 1. The van der Waals surface area contributed by atoms with Crippen LogP contribution in [0, 0.1) is 10.1 Å². The van der Waals surface area contributed by atoms with Crippen LogP contribution in [0.2, 0.25) is 0 Å². The second kappa shape index (κ2) is 8.56. The van der Waals surface area contributed by atoms with Crippen molar-refractivity contribution in [3.8, 4) is 0 Å². The van der Waals surface area contributed by atoms with E-state index >= 15 is 0 Å². The first-order chi connectivity index (χ1) is 9.50. The van der Waals surface area contributed by atoms with Gasteiger partial charge in [-0.15, -0.1) is 23.2 Å². The van der Waals surface area contributed by atoms with E-state index in [9.17, 15) is 10.1 Å². The zero-order valence-electron chi connectivity index (χ0n) is 11.0. The Kier molecular flexibility index (Phi) is 7.05. The highest BCUT2D eigenvalue weighted by Gasteiger charge is 2.11. The summed E-state index contributed by atoms with van der Waals surface area (Å²) in [6.45, 7) is 1.70. The SMILES string of the molecule is CC(Cl)Cl.O=[N+]([O-])c1ccccc1Cc1ccccc1. The van der Waals surface area contributed by atoms with Crippen LogP contribution in [0.5, 0.6) is 0 Å².